The molecule has 5 aromatic rings. The van der Waals surface area contributed by atoms with Crippen molar-refractivity contribution in [2.75, 3.05) is 5.32 Å². The average molecular weight is 527 g/mol. The lowest BCUT2D eigenvalue weighted by atomic mass is 9.97. The molecule has 1 atom stereocenters. The van der Waals surface area contributed by atoms with Crippen molar-refractivity contribution in [2.45, 2.75) is 19.4 Å². The first-order valence-corrected chi connectivity index (χ1v) is 11.8. The Morgan fingerprint density at radius 1 is 1.03 bits per heavy atom. The van der Waals surface area contributed by atoms with Crippen molar-refractivity contribution in [3.63, 3.8) is 0 Å². The predicted molar refractivity (Wildman–Crippen MR) is 137 cm³/mol. The Labute approximate surface area is 218 Å². The molecule has 0 aliphatic carbocycles. The molecule has 0 spiro atoms. The molecule has 6 rings (SSSR count). The number of aromatic amines is 1. The van der Waals surface area contributed by atoms with Gasteiger partial charge in [-0.25, -0.2) is 28.9 Å². The molecule has 0 bridgehead atoms. The summed E-state index contributed by atoms with van der Waals surface area (Å²) in [4.78, 5) is 54.0. The fraction of sp³-hybridized carbons (Fsp3) is 0.111. The number of imidazole rings is 1. The molecular weight excluding hydrogens is 509 g/mol. The Hall–Kier alpha value is -5.39. The van der Waals surface area contributed by atoms with Gasteiger partial charge < -0.3 is 24.2 Å². The van der Waals surface area contributed by atoms with E-state index in [0.717, 1.165) is 12.2 Å². The molecule has 0 fully saturated rings. The number of esters is 2. The van der Waals surface area contributed by atoms with E-state index in [-0.39, 0.29) is 39.4 Å². The summed E-state index contributed by atoms with van der Waals surface area (Å²) in [6.45, 7) is 1.87. The van der Waals surface area contributed by atoms with E-state index in [0.29, 0.717) is 23.4 Å². The number of nitrogens with zero attached hydrogens (tertiary/aromatic N) is 3. The van der Waals surface area contributed by atoms with Crippen LogP contribution in [0.5, 0.6) is 11.5 Å². The highest BCUT2D eigenvalue weighted by Gasteiger charge is 2.28. The van der Waals surface area contributed by atoms with E-state index in [9.17, 15) is 18.8 Å². The lowest BCUT2D eigenvalue weighted by molar-refractivity contribution is -0.133. The molecule has 2 aromatic carbocycles. The number of ether oxygens (including phenoxy) is 2. The molecule has 4 heterocycles. The van der Waals surface area contributed by atoms with E-state index < -0.39 is 29.2 Å². The molecule has 1 aliphatic rings. The standard InChI is InChI=1S/C27H18FN5O6/c1-2-15(33-27-22-26(30-11-29-22)31-12-32-27)24-20(13-4-3-5-14(28)10-13)23(36)21-16(38-24)6-7-17-25(21)39-19(35)9-8-18(34)37-17/h3-12,15H,2H2,1H3,(H2,29,30,31,32,33)/b9-8-/t15-/m0/s1. The molecule has 3 aromatic heterocycles. The number of anilines is 1. The molecule has 194 valence electrons. The summed E-state index contributed by atoms with van der Waals surface area (Å²) in [5.41, 5.74) is 0.714. The predicted octanol–water partition coefficient (Wildman–Crippen LogP) is 4.21. The molecule has 0 radical (unpaired) electrons. The maximum absolute atomic E-state index is 14.4. The number of fused-ring (bicyclic) bond motifs is 4. The summed E-state index contributed by atoms with van der Waals surface area (Å²) < 4.78 is 31.3. The van der Waals surface area contributed by atoms with Crippen molar-refractivity contribution in [1.29, 1.82) is 0 Å². The van der Waals surface area contributed by atoms with Crippen molar-refractivity contribution in [3.8, 4) is 22.6 Å². The van der Waals surface area contributed by atoms with E-state index in [1.807, 2.05) is 6.92 Å². The van der Waals surface area contributed by atoms with Gasteiger partial charge in [0.25, 0.3) is 0 Å². The Balaban J connectivity index is 1.61. The molecule has 0 saturated carbocycles. The number of hydrogen-bond donors (Lipinski definition) is 2. The molecule has 11 nitrogen and oxygen atoms in total. The van der Waals surface area contributed by atoms with Gasteiger partial charge in [0.2, 0.25) is 5.43 Å². The van der Waals surface area contributed by atoms with Crippen LogP contribution in [-0.2, 0) is 9.59 Å². The van der Waals surface area contributed by atoms with Gasteiger partial charge in [-0.15, -0.1) is 0 Å². The van der Waals surface area contributed by atoms with Crippen LogP contribution in [0.2, 0.25) is 0 Å². The Morgan fingerprint density at radius 3 is 2.64 bits per heavy atom. The quantitative estimate of drug-likeness (QED) is 0.251. The first-order chi connectivity index (χ1) is 18.9. The average Bonchev–Trinajstić information content (AvgIpc) is 3.40. The largest absolute Gasteiger partial charge is 0.458 e. The van der Waals surface area contributed by atoms with Crippen LogP contribution >= 0.6 is 0 Å². The zero-order valence-electron chi connectivity index (χ0n) is 20.2. The van der Waals surface area contributed by atoms with E-state index in [1.165, 1.54) is 43.0 Å². The number of halogens is 1. The first kappa shape index (κ1) is 24.0. The monoisotopic (exact) mass is 527 g/mol. The van der Waals surface area contributed by atoms with E-state index >= 15 is 0 Å². The van der Waals surface area contributed by atoms with Gasteiger partial charge in [0.1, 0.15) is 34.4 Å². The van der Waals surface area contributed by atoms with Crippen LogP contribution < -0.4 is 20.2 Å². The Bertz CT molecular complexity index is 1880. The molecule has 12 heteroatoms. The third-order valence-corrected chi connectivity index (χ3v) is 6.14. The first-order valence-electron chi connectivity index (χ1n) is 11.8. The number of benzene rings is 2. The summed E-state index contributed by atoms with van der Waals surface area (Å²) in [5, 5.41) is 3.13. The zero-order valence-corrected chi connectivity index (χ0v) is 20.2. The van der Waals surface area contributed by atoms with Crippen LogP contribution in [0.1, 0.15) is 25.1 Å². The van der Waals surface area contributed by atoms with Gasteiger partial charge in [-0.05, 0) is 36.2 Å². The van der Waals surface area contributed by atoms with Crippen LogP contribution in [-0.4, -0.2) is 31.9 Å². The number of carbonyl (C=O) groups is 2. The molecule has 39 heavy (non-hydrogen) atoms. The van der Waals surface area contributed by atoms with Crippen molar-refractivity contribution < 1.29 is 27.9 Å². The number of H-pyrrole nitrogens is 1. The molecule has 0 unspecified atom stereocenters. The minimum absolute atomic E-state index is 0.0321. The van der Waals surface area contributed by atoms with Gasteiger partial charge in [-0.1, -0.05) is 19.1 Å². The minimum atomic E-state index is -0.878. The zero-order chi connectivity index (χ0) is 27.1. The highest BCUT2D eigenvalue weighted by molar-refractivity contribution is 5.99. The van der Waals surface area contributed by atoms with Crippen LogP contribution in [0, 0.1) is 5.82 Å². The summed E-state index contributed by atoms with van der Waals surface area (Å²) in [6.07, 6.45) is 5.07. The molecule has 1 aliphatic heterocycles. The topological polar surface area (TPSA) is 149 Å². The number of rotatable bonds is 5. The fourth-order valence-electron chi connectivity index (χ4n) is 4.40. The van der Waals surface area contributed by atoms with Crippen molar-refractivity contribution >= 4 is 39.9 Å². The van der Waals surface area contributed by atoms with Crippen molar-refractivity contribution in [1.82, 2.24) is 19.9 Å². The highest BCUT2D eigenvalue weighted by atomic mass is 19.1. The van der Waals surface area contributed by atoms with E-state index in [4.69, 9.17) is 13.9 Å². The van der Waals surface area contributed by atoms with Gasteiger partial charge in [-0.3, -0.25) is 4.79 Å². The summed E-state index contributed by atoms with van der Waals surface area (Å²) >= 11 is 0. The molecular formula is C27H18FN5O6. The smallest absolute Gasteiger partial charge is 0.336 e. The van der Waals surface area contributed by atoms with Gasteiger partial charge in [0.15, 0.2) is 23.0 Å². The normalized spacial score (nSPS) is 14.7. The maximum atomic E-state index is 14.4. The second-order valence-electron chi connectivity index (χ2n) is 8.55. The Morgan fingerprint density at radius 2 is 1.85 bits per heavy atom. The maximum Gasteiger partial charge on any atom is 0.336 e. The van der Waals surface area contributed by atoms with Crippen LogP contribution in [0.15, 0.2) is 70.4 Å². The summed E-state index contributed by atoms with van der Waals surface area (Å²) in [5.74, 6) is -2.06. The molecule has 0 saturated heterocycles. The minimum Gasteiger partial charge on any atom is -0.458 e. The second kappa shape index (κ2) is 9.49. The van der Waals surface area contributed by atoms with Gasteiger partial charge >= 0.3 is 11.9 Å². The summed E-state index contributed by atoms with van der Waals surface area (Å²) in [6, 6.07) is 7.67. The van der Waals surface area contributed by atoms with Crippen LogP contribution in [0.4, 0.5) is 10.2 Å². The number of carbonyl (C=O) groups excluding carboxylic acids is 2. The highest BCUT2D eigenvalue weighted by Crippen LogP contribution is 2.39. The number of nitrogens with one attached hydrogen (secondary N) is 2. The number of aromatic nitrogens is 4. The Kier molecular flexibility index (Phi) is 5.83. The molecule has 2 N–H and O–H groups in total. The summed E-state index contributed by atoms with van der Waals surface area (Å²) in [7, 11) is 0. The third kappa shape index (κ3) is 4.27. The van der Waals surface area contributed by atoms with Crippen molar-refractivity contribution in [2.24, 2.45) is 0 Å². The number of hydrogen-bond acceptors (Lipinski definition) is 10. The lowest BCUT2D eigenvalue weighted by Gasteiger charge is -2.21. The lowest BCUT2D eigenvalue weighted by Crippen LogP contribution is -2.19. The van der Waals surface area contributed by atoms with Crippen molar-refractivity contribution in [3.05, 3.63) is 83.0 Å². The van der Waals surface area contributed by atoms with E-state index in [2.05, 4.69) is 25.3 Å². The van der Waals surface area contributed by atoms with E-state index in [1.54, 1.807) is 6.07 Å². The van der Waals surface area contributed by atoms with Crippen LogP contribution in [0.3, 0.4) is 0 Å². The van der Waals surface area contributed by atoms with Gasteiger partial charge in [0, 0.05) is 12.2 Å². The van der Waals surface area contributed by atoms with Crippen LogP contribution in [0.25, 0.3) is 33.3 Å². The second-order valence-corrected chi connectivity index (χ2v) is 8.55. The van der Waals surface area contributed by atoms with Gasteiger partial charge in [0.05, 0.1) is 17.9 Å². The van der Waals surface area contributed by atoms with Gasteiger partial charge in [-0.2, -0.15) is 0 Å². The SMILES string of the molecule is CC[C@H](Nc1ncnc2nc[nH]c12)c1oc2ccc3c(c2c(=O)c1-c1cccc(F)c1)OC(=O)/C=C\C(=O)O3. The molecule has 0 amide bonds. The fourth-order valence-corrected chi connectivity index (χ4v) is 4.40. The third-order valence-electron chi connectivity index (χ3n) is 6.14.